The number of benzene rings is 1. The fourth-order valence-corrected chi connectivity index (χ4v) is 3.10. The highest BCUT2D eigenvalue weighted by molar-refractivity contribution is 5.74. The first kappa shape index (κ1) is 19.4. The molecule has 2 amide bonds. The Morgan fingerprint density at radius 2 is 1.84 bits per heavy atom. The third-order valence-electron chi connectivity index (χ3n) is 4.70. The molecule has 140 valence electrons. The second-order valence-electron chi connectivity index (χ2n) is 6.92. The van der Waals surface area contributed by atoms with E-state index in [4.69, 9.17) is 14.2 Å². The molecule has 1 fully saturated rings. The fourth-order valence-electron chi connectivity index (χ4n) is 3.10. The molecule has 6 heteroatoms. The smallest absolute Gasteiger partial charge is 0.314 e. The Labute approximate surface area is 150 Å². The van der Waals surface area contributed by atoms with Gasteiger partial charge in [0.05, 0.1) is 14.2 Å². The van der Waals surface area contributed by atoms with E-state index in [1.807, 2.05) is 12.1 Å². The minimum atomic E-state index is -0.160. The zero-order valence-corrected chi connectivity index (χ0v) is 15.7. The predicted molar refractivity (Wildman–Crippen MR) is 97.5 cm³/mol. The number of rotatable bonds is 7. The summed E-state index contributed by atoms with van der Waals surface area (Å²) in [6, 6.07) is 5.86. The largest absolute Gasteiger partial charge is 0.493 e. The number of hydrogen-bond acceptors (Lipinski definition) is 4. The molecular formula is C19H30N2O4. The molecule has 25 heavy (non-hydrogen) atoms. The van der Waals surface area contributed by atoms with Crippen LogP contribution in [0.25, 0.3) is 0 Å². The number of nitrogens with one attached hydrogen (secondary N) is 2. The molecular weight excluding hydrogens is 320 g/mol. The number of urea groups is 1. The predicted octanol–water partition coefficient (Wildman–Crippen LogP) is 2.71. The van der Waals surface area contributed by atoms with E-state index in [-0.39, 0.29) is 11.4 Å². The quantitative estimate of drug-likeness (QED) is 0.793. The van der Waals surface area contributed by atoms with E-state index in [1.54, 1.807) is 14.2 Å². The third kappa shape index (κ3) is 5.01. The van der Waals surface area contributed by atoms with Gasteiger partial charge >= 0.3 is 6.03 Å². The van der Waals surface area contributed by atoms with Gasteiger partial charge in [-0.1, -0.05) is 19.9 Å². The van der Waals surface area contributed by atoms with Crippen LogP contribution in [0.5, 0.6) is 11.5 Å². The van der Waals surface area contributed by atoms with E-state index < -0.39 is 0 Å². The maximum atomic E-state index is 12.1. The van der Waals surface area contributed by atoms with E-state index in [2.05, 4.69) is 30.5 Å². The van der Waals surface area contributed by atoms with Crippen molar-refractivity contribution in [3.05, 3.63) is 23.8 Å². The molecule has 6 nitrogen and oxygen atoms in total. The number of amides is 2. The van der Waals surface area contributed by atoms with Crippen molar-refractivity contribution >= 4 is 6.03 Å². The zero-order chi connectivity index (χ0) is 18.3. The lowest BCUT2D eigenvalue weighted by Gasteiger charge is -2.38. The summed E-state index contributed by atoms with van der Waals surface area (Å²) >= 11 is 0. The second kappa shape index (κ2) is 8.94. The van der Waals surface area contributed by atoms with Gasteiger partial charge in [0.2, 0.25) is 0 Å². The fraction of sp³-hybridized carbons (Fsp3) is 0.632. The molecule has 0 unspecified atom stereocenters. The highest BCUT2D eigenvalue weighted by Crippen LogP contribution is 2.38. The summed E-state index contributed by atoms with van der Waals surface area (Å²) in [5, 5.41) is 5.94. The van der Waals surface area contributed by atoms with Gasteiger partial charge in [0, 0.05) is 31.7 Å². The van der Waals surface area contributed by atoms with Crippen molar-refractivity contribution in [3.63, 3.8) is 0 Å². The maximum absolute atomic E-state index is 12.1. The Morgan fingerprint density at radius 1 is 1.16 bits per heavy atom. The lowest BCUT2D eigenvalue weighted by molar-refractivity contribution is 0.0506. The topological polar surface area (TPSA) is 68.8 Å². The molecule has 0 saturated carbocycles. The first-order valence-electron chi connectivity index (χ1n) is 8.82. The number of ether oxygens (including phenoxy) is 3. The molecule has 0 radical (unpaired) electrons. The molecule has 0 spiro atoms. The highest BCUT2D eigenvalue weighted by atomic mass is 16.5. The molecule has 1 aromatic rings. The van der Waals surface area contributed by atoms with Crippen LogP contribution in [0, 0.1) is 5.92 Å². The molecule has 1 heterocycles. The first-order chi connectivity index (χ1) is 12.0. The number of carbonyl (C=O) groups is 1. The van der Waals surface area contributed by atoms with Gasteiger partial charge in [-0.05, 0) is 36.5 Å². The van der Waals surface area contributed by atoms with Gasteiger partial charge in [-0.2, -0.15) is 0 Å². The van der Waals surface area contributed by atoms with Gasteiger partial charge in [0.1, 0.15) is 0 Å². The lowest BCUT2D eigenvalue weighted by Crippen LogP contribution is -2.47. The zero-order valence-electron chi connectivity index (χ0n) is 15.7. The van der Waals surface area contributed by atoms with Crippen LogP contribution in [0.4, 0.5) is 4.79 Å². The average Bonchev–Trinajstić information content (AvgIpc) is 2.64. The molecule has 1 aliphatic rings. The van der Waals surface area contributed by atoms with Gasteiger partial charge in [0.15, 0.2) is 11.5 Å². The van der Waals surface area contributed by atoms with E-state index in [9.17, 15) is 4.79 Å². The Balaban J connectivity index is 2.16. The Morgan fingerprint density at radius 3 is 2.44 bits per heavy atom. The van der Waals surface area contributed by atoms with Crippen LogP contribution in [0.1, 0.15) is 32.3 Å². The van der Waals surface area contributed by atoms with E-state index in [0.717, 1.165) is 18.4 Å². The van der Waals surface area contributed by atoms with Crippen molar-refractivity contribution in [2.24, 2.45) is 5.92 Å². The van der Waals surface area contributed by atoms with Crippen molar-refractivity contribution in [3.8, 4) is 11.5 Å². The van der Waals surface area contributed by atoms with Gasteiger partial charge in [-0.3, -0.25) is 0 Å². The van der Waals surface area contributed by atoms with E-state index in [0.29, 0.717) is 43.7 Å². The SMILES string of the molecule is COc1ccc(C2(CNC(=O)NCC(C)C)CCOCC2)cc1OC. The van der Waals surface area contributed by atoms with Crippen molar-refractivity contribution in [1.29, 1.82) is 0 Å². The Hall–Kier alpha value is -1.95. The van der Waals surface area contributed by atoms with Crippen molar-refractivity contribution in [2.45, 2.75) is 32.1 Å². The molecule has 2 rings (SSSR count). The summed E-state index contributed by atoms with van der Waals surface area (Å²) in [7, 11) is 3.26. The lowest BCUT2D eigenvalue weighted by atomic mass is 9.74. The summed E-state index contributed by atoms with van der Waals surface area (Å²) < 4.78 is 16.3. The van der Waals surface area contributed by atoms with Gasteiger partial charge in [0.25, 0.3) is 0 Å². The van der Waals surface area contributed by atoms with E-state index >= 15 is 0 Å². The minimum absolute atomic E-state index is 0.125. The van der Waals surface area contributed by atoms with Crippen LogP contribution >= 0.6 is 0 Å². The van der Waals surface area contributed by atoms with Crippen LogP contribution in [0.15, 0.2) is 18.2 Å². The van der Waals surface area contributed by atoms with Gasteiger partial charge in [-0.15, -0.1) is 0 Å². The van der Waals surface area contributed by atoms with Gasteiger partial charge in [-0.25, -0.2) is 4.79 Å². The van der Waals surface area contributed by atoms with Crippen LogP contribution in [0.3, 0.4) is 0 Å². The maximum Gasteiger partial charge on any atom is 0.314 e. The summed E-state index contributed by atoms with van der Waals surface area (Å²) in [6.45, 7) is 6.75. The van der Waals surface area contributed by atoms with Crippen molar-refractivity contribution < 1.29 is 19.0 Å². The Kier molecular flexibility index (Phi) is 6.93. The third-order valence-corrected chi connectivity index (χ3v) is 4.70. The van der Waals surface area contributed by atoms with Crippen LogP contribution in [0.2, 0.25) is 0 Å². The highest BCUT2D eigenvalue weighted by Gasteiger charge is 2.35. The number of methoxy groups -OCH3 is 2. The second-order valence-corrected chi connectivity index (χ2v) is 6.92. The van der Waals surface area contributed by atoms with E-state index in [1.165, 1.54) is 0 Å². The molecule has 1 aliphatic heterocycles. The molecule has 0 aromatic heterocycles. The molecule has 1 aromatic carbocycles. The number of carbonyl (C=O) groups excluding carboxylic acids is 1. The summed E-state index contributed by atoms with van der Waals surface area (Å²) in [4.78, 5) is 12.1. The molecule has 0 aliphatic carbocycles. The van der Waals surface area contributed by atoms with Crippen LogP contribution in [-0.4, -0.2) is 46.6 Å². The van der Waals surface area contributed by atoms with Crippen molar-refractivity contribution in [2.75, 3.05) is 40.5 Å². The molecule has 0 bridgehead atoms. The summed E-state index contributed by atoms with van der Waals surface area (Å²) in [6.07, 6.45) is 1.71. The Bertz CT molecular complexity index is 569. The molecule has 1 saturated heterocycles. The standard InChI is InChI=1S/C19H30N2O4/c1-14(2)12-20-18(22)21-13-19(7-9-25-10-8-19)15-5-6-16(23-3)17(11-15)24-4/h5-6,11,14H,7-10,12-13H2,1-4H3,(H2,20,21,22). The summed E-state index contributed by atoms with van der Waals surface area (Å²) in [5.74, 6) is 1.83. The van der Waals surface area contributed by atoms with Gasteiger partial charge < -0.3 is 24.8 Å². The normalized spacial score (nSPS) is 16.4. The molecule has 0 atom stereocenters. The van der Waals surface area contributed by atoms with Crippen LogP contribution in [-0.2, 0) is 10.2 Å². The van der Waals surface area contributed by atoms with Crippen LogP contribution < -0.4 is 20.1 Å². The summed E-state index contributed by atoms with van der Waals surface area (Å²) in [5.41, 5.74) is 0.977. The van der Waals surface area contributed by atoms with Crippen molar-refractivity contribution in [1.82, 2.24) is 10.6 Å². The minimum Gasteiger partial charge on any atom is -0.493 e. The average molecular weight is 350 g/mol. The first-order valence-corrected chi connectivity index (χ1v) is 8.82. The molecule has 2 N–H and O–H groups in total. The number of hydrogen-bond donors (Lipinski definition) is 2. The monoisotopic (exact) mass is 350 g/mol.